The van der Waals surface area contributed by atoms with E-state index in [1.54, 1.807) is 0 Å². The summed E-state index contributed by atoms with van der Waals surface area (Å²) >= 11 is 0. The van der Waals surface area contributed by atoms with E-state index in [1.165, 1.54) is 19.3 Å². The summed E-state index contributed by atoms with van der Waals surface area (Å²) in [4.78, 5) is 0. The van der Waals surface area contributed by atoms with E-state index in [2.05, 4.69) is 33.0 Å². The molecule has 1 atom stereocenters. The lowest BCUT2D eigenvalue weighted by Gasteiger charge is -2.26. The zero-order chi connectivity index (χ0) is 11.0. The summed E-state index contributed by atoms with van der Waals surface area (Å²) in [5.74, 6) is 0.667. The average Bonchev–Trinajstić information content (AvgIpc) is 2.14. The Labute approximate surface area is 89.6 Å². The molecule has 0 aromatic heterocycles. The summed E-state index contributed by atoms with van der Waals surface area (Å²) < 4.78 is 0. The Hall–Kier alpha value is -0.0800. The van der Waals surface area contributed by atoms with Gasteiger partial charge < -0.3 is 11.1 Å². The van der Waals surface area contributed by atoms with Crippen LogP contribution in [0.25, 0.3) is 0 Å². The Balaban J connectivity index is 3.60. The molecule has 0 amide bonds. The summed E-state index contributed by atoms with van der Waals surface area (Å²) in [6.45, 7) is 12.2. The quantitative estimate of drug-likeness (QED) is 0.590. The van der Waals surface area contributed by atoms with Crippen LogP contribution in [-0.4, -0.2) is 19.6 Å². The van der Waals surface area contributed by atoms with E-state index >= 15 is 0 Å². The van der Waals surface area contributed by atoms with Crippen LogP contribution in [0.15, 0.2) is 0 Å². The summed E-state index contributed by atoms with van der Waals surface area (Å²) in [6, 6.07) is 0. The maximum atomic E-state index is 5.61. The third-order valence-corrected chi connectivity index (χ3v) is 2.75. The van der Waals surface area contributed by atoms with Crippen molar-refractivity contribution in [1.29, 1.82) is 0 Å². The minimum Gasteiger partial charge on any atom is -0.330 e. The third-order valence-electron chi connectivity index (χ3n) is 2.75. The highest BCUT2D eigenvalue weighted by Gasteiger charge is 2.17. The van der Waals surface area contributed by atoms with Gasteiger partial charge >= 0.3 is 0 Å². The van der Waals surface area contributed by atoms with E-state index in [0.29, 0.717) is 11.3 Å². The van der Waals surface area contributed by atoms with Gasteiger partial charge in [0.2, 0.25) is 0 Å². The van der Waals surface area contributed by atoms with Gasteiger partial charge in [0.15, 0.2) is 0 Å². The Morgan fingerprint density at radius 2 is 2.00 bits per heavy atom. The van der Waals surface area contributed by atoms with Gasteiger partial charge in [0.1, 0.15) is 0 Å². The average molecular weight is 200 g/mol. The van der Waals surface area contributed by atoms with Crippen molar-refractivity contribution in [2.75, 3.05) is 19.6 Å². The standard InChI is InChI=1S/C12H28N2/c1-5-8-14-10-12(3,4)7-6-11(2)9-13/h11,14H,5-10,13H2,1-4H3. The normalized spacial score (nSPS) is 14.4. The Morgan fingerprint density at radius 1 is 1.36 bits per heavy atom. The summed E-state index contributed by atoms with van der Waals surface area (Å²) in [5, 5.41) is 3.49. The smallest absolute Gasteiger partial charge is 0.000252 e. The van der Waals surface area contributed by atoms with Crippen molar-refractivity contribution in [3.8, 4) is 0 Å². The van der Waals surface area contributed by atoms with Crippen LogP contribution >= 0.6 is 0 Å². The number of nitrogens with two attached hydrogens (primary N) is 1. The second-order valence-corrected chi connectivity index (χ2v) is 5.22. The largest absolute Gasteiger partial charge is 0.330 e. The van der Waals surface area contributed by atoms with Crippen molar-refractivity contribution in [1.82, 2.24) is 5.32 Å². The molecule has 0 aliphatic rings. The maximum absolute atomic E-state index is 5.61. The molecule has 0 bridgehead atoms. The van der Waals surface area contributed by atoms with Crippen molar-refractivity contribution in [2.24, 2.45) is 17.1 Å². The Morgan fingerprint density at radius 3 is 2.50 bits per heavy atom. The van der Waals surface area contributed by atoms with E-state index in [-0.39, 0.29) is 0 Å². The fourth-order valence-corrected chi connectivity index (χ4v) is 1.45. The fourth-order valence-electron chi connectivity index (χ4n) is 1.45. The molecule has 0 aromatic rings. The van der Waals surface area contributed by atoms with Crippen LogP contribution in [0.5, 0.6) is 0 Å². The Kier molecular flexibility index (Phi) is 7.20. The molecule has 0 spiro atoms. The van der Waals surface area contributed by atoms with E-state index in [4.69, 9.17) is 5.73 Å². The molecule has 0 rings (SSSR count). The molecule has 0 radical (unpaired) electrons. The highest BCUT2D eigenvalue weighted by atomic mass is 14.9. The minimum atomic E-state index is 0.415. The molecule has 0 fully saturated rings. The molecule has 0 heterocycles. The molecule has 0 aliphatic heterocycles. The molecule has 1 unspecified atom stereocenters. The summed E-state index contributed by atoms with van der Waals surface area (Å²) in [6.07, 6.45) is 3.73. The van der Waals surface area contributed by atoms with Gasteiger partial charge in [-0.05, 0) is 43.7 Å². The van der Waals surface area contributed by atoms with Crippen LogP contribution in [-0.2, 0) is 0 Å². The predicted molar refractivity (Wildman–Crippen MR) is 64.4 cm³/mol. The van der Waals surface area contributed by atoms with Crippen molar-refractivity contribution in [2.45, 2.75) is 47.0 Å². The lowest BCUT2D eigenvalue weighted by atomic mass is 9.85. The van der Waals surface area contributed by atoms with Crippen LogP contribution in [0.3, 0.4) is 0 Å². The van der Waals surface area contributed by atoms with Crippen molar-refractivity contribution in [3.05, 3.63) is 0 Å². The molecule has 0 saturated carbocycles. The minimum absolute atomic E-state index is 0.415. The van der Waals surface area contributed by atoms with Gasteiger partial charge in [0.25, 0.3) is 0 Å². The second kappa shape index (κ2) is 7.24. The molecule has 3 N–H and O–H groups in total. The number of hydrogen-bond donors (Lipinski definition) is 2. The lowest BCUT2D eigenvalue weighted by molar-refractivity contribution is 0.286. The monoisotopic (exact) mass is 200 g/mol. The molecular formula is C12H28N2. The van der Waals surface area contributed by atoms with Crippen molar-refractivity contribution in [3.63, 3.8) is 0 Å². The first kappa shape index (κ1) is 13.9. The molecule has 0 aromatic carbocycles. The van der Waals surface area contributed by atoms with Crippen LogP contribution in [0.2, 0.25) is 0 Å². The summed E-state index contributed by atoms with van der Waals surface area (Å²) in [7, 11) is 0. The van der Waals surface area contributed by atoms with Gasteiger partial charge in [0, 0.05) is 6.54 Å². The van der Waals surface area contributed by atoms with Crippen LogP contribution in [0.4, 0.5) is 0 Å². The van der Waals surface area contributed by atoms with Gasteiger partial charge in [-0.3, -0.25) is 0 Å². The molecule has 0 saturated heterocycles. The van der Waals surface area contributed by atoms with Crippen LogP contribution in [0, 0.1) is 11.3 Å². The highest BCUT2D eigenvalue weighted by Crippen LogP contribution is 2.23. The first-order chi connectivity index (χ1) is 6.52. The predicted octanol–water partition coefficient (Wildman–Crippen LogP) is 2.39. The number of nitrogens with one attached hydrogen (secondary N) is 1. The van der Waals surface area contributed by atoms with E-state index in [9.17, 15) is 0 Å². The Bertz CT molecular complexity index is 132. The molecule has 0 aliphatic carbocycles. The van der Waals surface area contributed by atoms with Crippen molar-refractivity contribution < 1.29 is 0 Å². The topological polar surface area (TPSA) is 38.0 Å². The zero-order valence-electron chi connectivity index (χ0n) is 10.4. The van der Waals surface area contributed by atoms with Crippen LogP contribution < -0.4 is 11.1 Å². The molecule has 2 heteroatoms. The SMILES string of the molecule is CCCNCC(C)(C)CCC(C)CN. The van der Waals surface area contributed by atoms with Crippen LogP contribution in [0.1, 0.15) is 47.0 Å². The second-order valence-electron chi connectivity index (χ2n) is 5.22. The van der Waals surface area contributed by atoms with Gasteiger partial charge in [-0.15, -0.1) is 0 Å². The van der Waals surface area contributed by atoms with E-state index in [1.807, 2.05) is 0 Å². The highest BCUT2D eigenvalue weighted by molar-refractivity contribution is 4.72. The van der Waals surface area contributed by atoms with Gasteiger partial charge in [-0.25, -0.2) is 0 Å². The van der Waals surface area contributed by atoms with Gasteiger partial charge in [-0.1, -0.05) is 27.7 Å². The summed E-state index contributed by atoms with van der Waals surface area (Å²) in [5.41, 5.74) is 6.02. The molecule has 2 nitrogen and oxygen atoms in total. The van der Waals surface area contributed by atoms with E-state index in [0.717, 1.165) is 19.6 Å². The molecular weight excluding hydrogens is 172 g/mol. The zero-order valence-corrected chi connectivity index (χ0v) is 10.4. The van der Waals surface area contributed by atoms with Crippen molar-refractivity contribution >= 4 is 0 Å². The van der Waals surface area contributed by atoms with Gasteiger partial charge in [0.05, 0.1) is 0 Å². The first-order valence-corrected chi connectivity index (χ1v) is 5.92. The van der Waals surface area contributed by atoms with Gasteiger partial charge in [-0.2, -0.15) is 0 Å². The number of rotatable bonds is 8. The fraction of sp³-hybridized carbons (Fsp3) is 1.00. The number of hydrogen-bond acceptors (Lipinski definition) is 2. The molecule has 86 valence electrons. The van der Waals surface area contributed by atoms with E-state index < -0.39 is 0 Å². The third kappa shape index (κ3) is 7.34. The first-order valence-electron chi connectivity index (χ1n) is 5.92. The maximum Gasteiger partial charge on any atom is 0.000252 e. The lowest BCUT2D eigenvalue weighted by Crippen LogP contribution is -2.30. The molecule has 14 heavy (non-hydrogen) atoms.